The molecule has 0 aliphatic heterocycles. The Balaban J connectivity index is 3.27. The first-order chi connectivity index (χ1) is 7.96. The number of carbonyl (C=O) groups excluding carboxylic acids is 1. The Kier molecular flexibility index (Phi) is 4.01. The van der Waals surface area contributed by atoms with E-state index in [0.717, 1.165) is 0 Å². The maximum Gasteiger partial charge on any atom is 0.201 e. The molecule has 1 aromatic heterocycles. The van der Waals surface area contributed by atoms with Gasteiger partial charge >= 0.3 is 0 Å². The maximum atomic E-state index is 12.5. The fourth-order valence-corrected chi connectivity index (χ4v) is 2.21. The van der Waals surface area contributed by atoms with Crippen LogP contribution in [0.2, 0.25) is 0 Å². The molecule has 0 unspecified atom stereocenters. The van der Waals surface area contributed by atoms with Crippen LogP contribution in [0.25, 0.3) is 0 Å². The highest BCUT2D eigenvalue weighted by Gasteiger charge is 2.45. The number of ketones is 1. The third-order valence-electron chi connectivity index (χ3n) is 3.28. The summed E-state index contributed by atoms with van der Waals surface area (Å²) in [4.78, 5) is 16.6. The molecule has 90 valence electrons. The quantitative estimate of drug-likeness (QED) is 0.747. The van der Waals surface area contributed by atoms with Crippen LogP contribution in [0.15, 0.2) is 24.4 Å². The van der Waals surface area contributed by atoms with Gasteiger partial charge in [-0.2, -0.15) is 5.26 Å². The molecule has 0 fully saturated rings. The van der Waals surface area contributed by atoms with Gasteiger partial charge in [-0.25, -0.2) is 0 Å². The van der Waals surface area contributed by atoms with Crippen molar-refractivity contribution in [3.8, 4) is 6.07 Å². The Hall–Kier alpha value is -1.69. The first-order valence-corrected chi connectivity index (χ1v) is 5.83. The van der Waals surface area contributed by atoms with Crippen LogP contribution in [0.3, 0.4) is 0 Å². The smallest absolute Gasteiger partial charge is 0.201 e. The highest BCUT2D eigenvalue weighted by atomic mass is 16.1. The van der Waals surface area contributed by atoms with E-state index in [9.17, 15) is 10.1 Å². The number of carbonyl (C=O) groups is 1. The number of pyridine rings is 1. The largest absolute Gasteiger partial charge is 0.291 e. The zero-order valence-corrected chi connectivity index (χ0v) is 10.8. The molecule has 1 rings (SSSR count). The molecule has 3 nitrogen and oxygen atoms in total. The first-order valence-electron chi connectivity index (χ1n) is 5.83. The van der Waals surface area contributed by atoms with Crippen LogP contribution < -0.4 is 0 Å². The predicted molar refractivity (Wildman–Crippen MR) is 66.3 cm³/mol. The molecular formula is C14H18N2O. The van der Waals surface area contributed by atoms with Crippen molar-refractivity contribution in [1.29, 1.82) is 5.26 Å². The van der Waals surface area contributed by atoms with Gasteiger partial charge in [-0.05, 0) is 24.0 Å². The molecule has 17 heavy (non-hydrogen) atoms. The molecule has 0 bridgehead atoms. The molecule has 0 N–H and O–H groups in total. The van der Waals surface area contributed by atoms with E-state index < -0.39 is 5.41 Å². The topological polar surface area (TPSA) is 53.8 Å². The van der Waals surface area contributed by atoms with Gasteiger partial charge in [-0.1, -0.05) is 33.8 Å². The summed E-state index contributed by atoms with van der Waals surface area (Å²) in [5.74, 6) is -0.255. The molecule has 0 saturated carbocycles. The Morgan fingerprint density at radius 3 is 2.24 bits per heavy atom. The van der Waals surface area contributed by atoms with Gasteiger partial charge in [-0.15, -0.1) is 0 Å². The predicted octanol–water partition coefficient (Wildman–Crippen LogP) is 3.09. The van der Waals surface area contributed by atoms with Crippen LogP contribution in [0.1, 0.15) is 38.2 Å². The molecule has 0 spiro atoms. The van der Waals surface area contributed by atoms with Gasteiger partial charge in [0.25, 0.3) is 0 Å². The third-order valence-corrected chi connectivity index (χ3v) is 3.28. The van der Waals surface area contributed by atoms with Gasteiger partial charge < -0.3 is 0 Å². The summed E-state index contributed by atoms with van der Waals surface area (Å²) in [6, 6.07) is 7.42. The van der Waals surface area contributed by atoms with Crippen LogP contribution in [-0.4, -0.2) is 10.8 Å². The average Bonchev–Trinajstić information content (AvgIpc) is 2.30. The Morgan fingerprint density at radius 1 is 1.29 bits per heavy atom. The average molecular weight is 230 g/mol. The van der Waals surface area contributed by atoms with Crippen molar-refractivity contribution in [1.82, 2.24) is 4.98 Å². The molecule has 0 saturated heterocycles. The fraction of sp³-hybridized carbons (Fsp3) is 0.500. The Labute approximate surface area is 102 Å². The molecule has 3 heteroatoms. The summed E-state index contributed by atoms with van der Waals surface area (Å²) in [6.45, 7) is 7.63. The van der Waals surface area contributed by atoms with Crippen molar-refractivity contribution in [3.05, 3.63) is 30.1 Å². The van der Waals surface area contributed by atoms with Crippen LogP contribution in [0, 0.1) is 28.6 Å². The van der Waals surface area contributed by atoms with Crippen molar-refractivity contribution in [2.45, 2.75) is 27.7 Å². The molecule has 0 atom stereocenters. The minimum Gasteiger partial charge on any atom is -0.291 e. The van der Waals surface area contributed by atoms with E-state index in [1.165, 1.54) is 0 Å². The highest BCUT2D eigenvalue weighted by molar-refractivity contribution is 6.01. The van der Waals surface area contributed by atoms with Crippen molar-refractivity contribution in [2.75, 3.05) is 0 Å². The second-order valence-electron chi connectivity index (χ2n) is 4.83. The van der Waals surface area contributed by atoms with Gasteiger partial charge in [0.2, 0.25) is 5.78 Å². The number of Topliss-reactive ketones (excluding diaryl/α,β-unsaturated/α-hetero) is 1. The normalized spacial score (nSPS) is 11.6. The summed E-state index contributed by atoms with van der Waals surface area (Å²) in [6.07, 6.45) is 1.58. The summed E-state index contributed by atoms with van der Waals surface area (Å²) in [5, 5.41) is 9.45. The zero-order chi connectivity index (χ0) is 13.1. The lowest BCUT2D eigenvalue weighted by Crippen LogP contribution is -2.40. The van der Waals surface area contributed by atoms with Crippen molar-refractivity contribution in [2.24, 2.45) is 17.3 Å². The van der Waals surface area contributed by atoms with Gasteiger partial charge in [0.05, 0.1) is 6.07 Å². The molecule has 0 aliphatic rings. The van der Waals surface area contributed by atoms with Crippen molar-refractivity contribution >= 4 is 5.78 Å². The SMILES string of the molecule is CC(C)C(C#N)(C(=O)c1ccccn1)C(C)C. The lowest BCUT2D eigenvalue weighted by molar-refractivity contribution is 0.0713. The van der Waals surface area contributed by atoms with Crippen LogP contribution in [0.5, 0.6) is 0 Å². The van der Waals surface area contributed by atoms with Gasteiger partial charge in [0.15, 0.2) is 0 Å². The Bertz CT molecular complexity index is 421. The number of nitriles is 1. The van der Waals surface area contributed by atoms with Crippen LogP contribution >= 0.6 is 0 Å². The van der Waals surface area contributed by atoms with E-state index in [1.54, 1.807) is 24.4 Å². The number of nitrogens with zero attached hydrogens (tertiary/aromatic N) is 2. The van der Waals surface area contributed by atoms with Crippen molar-refractivity contribution in [3.63, 3.8) is 0 Å². The van der Waals surface area contributed by atoms with E-state index in [2.05, 4.69) is 11.1 Å². The highest BCUT2D eigenvalue weighted by Crippen LogP contribution is 2.38. The summed E-state index contributed by atoms with van der Waals surface area (Å²) in [7, 11) is 0. The number of rotatable bonds is 4. The molecule has 0 aliphatic carbocycles. The molecule has 0 aromatic carbocycles. The molecule has 0 radical (unpaired) electrons. The second kappa shape index (κ2) is 5.09. The van der Waals surface area contributed by atoms with Gasteiger partial charge in [0.1, 0.15) is 11.1 Å². The lowest BCUT2D eigenvalue weighted by atomic mass is 9.66. The molecule has 1 aromatic rings. The molecule has 0 amide bonds. The summed E-state index contributed by atoms with van der Waals surface area (Å²) >= 11 is 0. The Morgan fingerprint density at radius 2 is 1.88 bits per heavy atom. The van der Waals surface area contributed by atoms with E-state index in [0.29, 0.717) is 5.69 Å². The van der Waals surface area contributed by atoms with E-state index in [-0.39, 0.29) is 17.6 Å². The van der Waals surface area contributed by atoms with E-state index in [1.807, 2.05) is 27.7 Å². The first kappa shape index (κ1) is 13.4. The minimum absolute atomic E-state index is 0.0398. The second-order valence-corrected chi connectivity index (χ2v) is 4.83. The number of hydrogen-bond donors (Lipinski definition) is 0. The zero-order valence-electron chi connectivity index (χ0n) is 10.8. The monoisotopic (exact) mass is 230 g/mol. The van der Waals surface area contributed by atoms with Gasteiger partial charge in [0, 0.05) is 6.20 Å². The van der Waals surface area contributed by atoms with Gasteiger partial charge in [-0.3, -0.25) is 9.78 Å². The minimum atomic E-state index is -0.992. The standard InChI is InChI=1S/C14H18N2O/c1-10(2)14(9-15,11(3)4)13(17)12-7-5-6-8-16-12/h5-8,10-11H,1-4H3. The van der Waals surface area contributed by atoms with Crippen molar-refractivity contribution < 1.29 is 4.79 Å². The molecular weight excluding hydrogens is 212 g/mol. The lowest BCUT2D eigenvalue weighted by Gasteiger charge is -2.32. The number of aromatic nitrogens is 1. The molecule has 1 heterocycles. The summed E-state index contributed by atoms with van der Waals surface area (Å²) in [5.41, 5.74) is -0.620. The fourth-order valence-electron chi connectivity index (χ4n) is 2.21. The maximum absolute atomic E-state index is 12.5. The van der Waals surface area contributed by atoms with E-state index in [4.69, 9.17) is 0 Å². The van der Waals surface area contributed by atoms with E-state index >= 15 is 0 Å². The number of hydrogen-bond acceptors (Lipinski definition) is 3. The van der Waals surface area contributed by atoms with Crippen LogP contribution in [-0.2, 0) is 0 Å². The summed E-state index contributed by atoms with van der Waals surface area (Å²) < 4.78 is 0. The third kappa shape index (κ3) is 2.21. The van der Waals surface area contributed by atoms with Crippen LogP contribution in [0.4, 0.5) is 0 Å².